The molecule has 2 aromatic heterocycles. The highest BCUT2D eigenvalue weighted by Crippen LogP contribution is 2.31. The standard InChI is InChI=1S/C22H22N4O5S2/c1-29-18-8-4-3-7-16(18)21-24-20(31-25-21)14-32-22-23-17-13-15(9-10-19(17)30-22)33(27,28)26-11-5-2-6-12-26/h3-4,7-10,13H,2,5-6,11-12,14H2,1H3. The zero-order valence-corrected chi connectivity index (χ0v) is 19.6. The van der Waals surface area contributed by atoms with Crippen LogP contribution in [0.5, 0.6) is 5.75 Å². The first-order valence-electron chi connectivity index (χ1n) is 10.5. The molecule has 0 bridgehead atoms. The van der Waals surface area contributed by atoms with Gasteiger partial charge in [0.05, 0.1) is 23.3 Å². The summed E-state index contributed by atoms with van der Waals surface area (Å²) in [5, 5.41) is 4.43. The third-order valence-corrected chi connectivity index (χ3v) is 8.13. The molecule has 4 aromatic rings. The molecule has 1 saturated heterocycles. The van der Waals surface area contributed by atoms with E-state index >= 15 is 0 Å². The van der Waals surface area contributed by atoms with Crippen molar-refractivity contribution in [3.8, 4) is 17.1 Å². The van der Waals surface area contributed by atoms with Crippen molar-refractivity contribution in [1.82, 2.24) is 19.4 Å². The van der Waals surface area contributed by atoms with E-state index in [1.165, 1.54) is 11.8 Å². The number of sulfonamides is 1. The van der Waals surface area contributed by atoms with Crippen LogP contribution in [0.2, 0.25) is 0 Å². The Bertz CT molecular complexity index is 1380. The van der Waals surface area contributed by atoms with E-state index in [4.69, 9.17) is 13.7 Å². The Hall–Kier alpha value is -2.89. The maximum Gasteiger partial charge on any atom is 0.257 e. The van der Waals surface area contributed by atoms with Crippen molar-refractivity contribution in [3.05, 3.63) is 48.4 Å². The monoisotopic (exact) mass is 486 g/mol. The molecule has 3 heterocycles. The van der Waals surface area contributed by atoms with Crippen molar-refractivity contribution >= 4 is 32.9 Å². The molecule has 172 valence electrons. The van der Waals surface area contributed by atoms with Gasteiger partial charge in [-0.3, -0.25) is 0 Å². The predicted molar refractivity (Wildman–Crippen MR) is 122 cm³/mol. The van der Waals surface area contributed by atoms with Gasteiger partial charge in [0, 0.05) is 13.1 Å². The van der Waals surface area contributed by atoms with Crippen LogP contribution in [0.25, 0.3) is 22.5 Å². The third kappa shape index (κ3) is 4.48. The highest BCUT2D eigenvalue weighted by molar-refractivity contribution is 7.98. The van der Waals surface area contributed by atoms with Crippen LogP contribution in [0.3, 0.4) is 0 Å². The molecule has 0 radical (unpaired) electrons. The van der Waals surface area contributed by atoms with E-state index in [9.17, 15) is 8.42 Å². The van der Waals surface area contributed by atoms with Gasteiger partial charge in [-0.05, 0) is 43.2 Å². The molecule has 1 aliphatic heterocycles. The van der Waals surface area contributed by atoms with Crippen LogP contribution in [0.15, 0.2) is 61.5 Å². The minimum Gasteiger partial charge on any atom is -0.496 e. The molecular weight excluding hydrogens is 464 g/mol. The van der Waals surface area contributed by atoms with E-state index in [0.717, 1.165) is 24.8 Å². The number of nitrogens with zero attached hydrogens (tertiary/aromatic N) is 4. The summed E-state index contributed by atoms with van der Waals surface area (Å²) in [6, 6.07) is 12.2. The minimum atomic E-state index is -3.53. The SMILES string of the molecule is COc1ccccc1-c1noc(CSc2nc3cc(S(=O)(=O)N4CCCCC4)ccc3o2)n1. The number of fused-ring (bicyclic) bond motifs is 1. The molecule has 33 heavy (non-hydrogen) atoms. The smallest absolute Gasteiger partial charge is 0.257 e. The second-order valence-corrected chi connectivity index (χ2v) is 10.4. The lowest BCUT2D eigenvalue weighted by molar-refractivity contribution is 0.346. The number of aromatic nitrogens is 3. The van der Waals surface area contributed by atoms with Gasteiger partial charge in [0.25, 0.3) is 5.22 Å². The molecule has 0 N–H and O–H groups in total. The summed E-state index contributed by atoms with van der Waals surface area (Å²) in [5.41, 5.74) is 1.76. The maximum atomic E-state index is 12.9. The van der Waals surface area contributed by atoms with E-state index in [1.54, 1.807) is 29.6 Å². The van der Waals surface area contributed by atoms with Gasteiger partial charge in [-0.2, -0.15) is 9.29 Å². The molecule has 0 atom stereocenters. The topological polar surface area (TPSA) is 112 Å². The largest absolute Gasteiger partial charge is 0.496 e. The molecule has 11 heteroatoms. The van der Waals surface area contributed by atoms with E-state index in [0.29, 0.717) is 52.6 Å². The lowest BCUT2D eigenvalue weighted by Gasteiger charge is -2.25. The highest BCUT2D eigenvalue weighted by Gasteiger charge is 2.26. The van der Waals surface area contributed by atoms with Crippen molar-refractivity contribution in [2.45, 2.75) is 35.1 Å². The van der Waals surface area contributed by atoms with Crippen LogP contribution in [0, 0.1) is 0 Å². The van der Waals surface area contributed by atoms with E-state index in [1.807, 2.05) is 24.3 Å². The number of piperidine rings is 1. The zero-order valence-electron chi connectivity index (χ0n) is 17.9. The van der Waals surface area contributed by atoms with Gasteiger partial charge in [-0.25, -0.2) is 13.4 Å². The Kier molecular flexibility index (Phi) is 6.09. The molecule has 5 rings (SSSR count). The van der Waals surface area contributed by atoms with Gasteiger partial charge in [0.2, 0.25) is 21.7 Å². The Morgan fingerprint density at radius 1 is 1.09 bits per heavy atom. The quantitative estimate of drug-likeness (QED) is 0.352. The summed E-state index contributed by atoms with van der Waals surface area (Å²) in [7, 11) is -1.94. The number of hydrogen-bond acceptors (Lipinski definition) is 9. The first kappa shape index (κ1) is 21.9. The average molecular weight is 487 g/mol. The summed E-state index contributed by atoms with van der Waals surface area (Å²) < 4.78 is 43.9. The van der Waals surface area contributed by atoms with Crippen molar-refractivity contribution in [1.29, 1.82) is 0 Å². The molecule has 0 spiro atoms. The Labute approximate surface area is 195 Å². The van der Waals surface area contributed by atoms with Crippen LogP contribution < -0.4 is 4.74 Å². The number of benzene rings is 2. The highest BCUT2D eigenvalue weighted by atomic mass is 32.2. The molecular formula is C22H22N4O5S2. The van der Waals surface area contributed by atoms with Gasteiger partial charge in [-0.15, -0.1) is 0 Å². The average Bonchev–Trinajstić information content (AvgIpc) is 3.49. The van der Waals surface area contributed by atoms with Gasteiger partial charge in [-0.1, -0.05) is 35.5 Å². The number of ether oxygens (including phenoxy) is 1. The lowest BCUT2D eigenvalue weighted by Crippen LogP contribution is -2.35. The first-order valence-corrected chi connectivity index (χ1v) is 13.0. The van der Waals surface area contributed by atoms with Crippen LogP contribution >= 0.6 is 11.8 Å². The minimum absolute atomic E-state index is 0.236. The van der Waals surface area contributed by atoms with Crippen molar-refractivity contribution in [2.24, 2.45) is 0 Å². The molecule has 0 amide bonds. The van der Waals surface area contributed by atoms with Crippen LogP contribution in [-0.4, -0.2) is 48.0 Å². The van der Waals surface area contributed by atoms with E-state index in [2.05, 4.69) is 15.1 Å². The van der Waals surface area contributed by atoms with Crippen LogP contribution in [-0.2, 0) is 15.8 Å². The number of hydrogen-bond donors (Lipinski definition) is 0. The van der Waals surface area contributed by atoms with Gasteiger partial charge >= 0.3 is 0 Å². The van der Waals surface area contributed by atoms with Crippen molar-refractivity contribution in [3.63, 3.8) is 0 Å². The molecule has 0 saturated carbocycles. The molecule has 0 aliphatic carbocycles. The number of rotatable bonds is 7. The Morgan fingerprint density at radius 2 is 1.91 bits per heavy atom. The Balaban J connectivity index is 1.31. The zero-order chi connectivity index (χ0) is 22.8. The third-order valence-electron chi connectivity index (χ3n) is 5.43. The fraction of sp³-hybridized carbons (Fsp3) is 0.318. The molecule has 1 aliphatic rings. The first-order chi connectivity index (χ1) is 16.0. The van der Waals surface area contributed by atoms with E-state index < -0.39 is 10.0 Å². The summed E-state index contributed by atoms with van der Waals surface area (Å²) >= 11 is 1.29. The number of para-hydroxylation sites is 1. The molecule has 9 nitrogen and oxygen atoms in total. The van der Waals surface area contributed by atoms with Gasteiger partial charge < -0.3 is 13.7 Å². The van der Waals surface area contributed by atoms with E-state index in [-0.39, 0.29) is 4.90 Å². The van der Waals surface area contributed by atoms with Gasteiger partial charge in [0.1, 0.15) is 11.3 Å². The summed E-state index contributed by atoms with van der Waals surface area (Å²) in [4.78, 5) is 9.10. The normalized spacial score (nSPS) is 15.2. The van der Waals surface area contributed by atoms with Crippen molar-refractivity contribution < 1.29 is 22.1 Å². The predicted octanol–water partition coefficient (Wildman–Crippen LogP) is 4.35. The lowest BCUT2D eigenvalue weighted by atomic mass is 10.2. The summed E-state index contributed by atoms with van der Waals surface area (Å²) in [6.07, 6.45) is 2.84. The molecule has 1 fully saturated rings. The second-order valence-electron chi connectivity index (χ2n) is 7.57. The summed E-state index contributed by atoms with van der Waals surface area (Å²) in [5.74, 6) is 1.87. The number of oxazole rings is 1. The number of thioether (sulfide) groups is 1. The van der Waals surface area contributed by atoms with Crippen molar-refractivity contribution in [2.75, 3.05) is 20.2 Å². The molecule has 2 aromatic carbocycles. The molecule has 0 unspecified atom stereocenters. The fourth-order valence-corrected chi connectivity index (χ4v) is 5.95. The van der Waals surface area contributed by atoms with Crippen LogP contribution in [0.1, 0.15) is 25.2 Å². The maximum absolute atomic E-state index is 12.9. The Morgan fingerprint density at radius 3 is 2.73 bits per heavy atom. The second kappa shape index (κ2) is 9.16. The summed E-state index contributed by atoms with van der Waals surface area (Å²) in [6.45, 7) is 1.11. The fourth-order valence-electron chi connectivity index (χ4n) is 3.74. The number of methoxy groups -OCH3 is 1. The van der Waals surface area contributed by atoms with Crippen LogP contribution in [0.4, 0.5) is 0 Å². The van der Waals surface area contributed by atoms with Gasteiger partial charge in [0.15, 0.2) is 5.58 Å².